The summed E-state index contributed by atoms with van der Waals surface area (Å²) in [6.07, 6.45) is 7.28. The van der Waals surface area contributed by atoms with E-state index in [1.54, 1.807) is 25.4 Å². The molecular weight excluding hydrogens is 352 g/mol. The lowest BCUT2D eigenvalue weighted by molar-refractivity contribution is 0.0963. The van der Waals surface area contributed by atoms with Gasteiger partial charge in [-0.15, -0.1) is 0 Å². The van der Waals surface area contributed by atoms with Crippen molar-refractivity contribution in [1.82, 2.24) is 15.2 Å². The van der Waals surface area contributed by atoms with E-state index in [0.29, 0.717) is 17.8 Å². The van der Waals surface area contributed by atoms with E-state index in [4.69, 9.17) is 0 Å². The summed E-state index contributed by atoms with van der Waals surface area (Å²) >= 11 is 0. The molecule has 2 aromatic rings. The SMILES string of the molecule is CNC(=O)c1ccc(C)c(NC(=O)N(Cc2ccccn2)C2CCCCC2)c1. The molecule has 0 bridgehead atoms. The van der Waals surface area contributed by atoms with Gasteiger partial charge in [-0.25, -0.2) is 4.79 Å². The zero-order valence-electron chi connectivity index (χ0n) is 16.6. The number of pyridine rings is 1. The second-order valence-electron chi connectivity index (χ2n) is 7.28. The zero-order chi connectivity index (χ0) is 19.9. The predicted octanol–water partition coefficient (Wildman–Crippen LogP) is 4.12. The molecule has 28 heavy (non-hydrogen) atoms. The molecule has 0 atom stereocenters. The molecule has 1 fully saturated rings. The lowest BCUT2D eigenvalue weighted by Gasteiger charge is -2.34. The number of carbonyl (C=O) groups is 2. The third-order valence-electron chi connectivity index (χ3n) is 5.30. The second-order valence-corrected chi connectivity index (χ2v) is 7.28. The van der Waals surface area contributed by atoms with Crippen LogP contribution < -0.4 is 10.6 Å². The van der Waals surface area contributed by atoms with E-state index in [2.05, 4.69) is 15.6 Å². The first-order valence-corrected chi connectivity index (χ1v) is 9.88. The topological polar surface area (TPSA) is 74.3 Å². The fraction of sp³-hybridized carbons (Fsp3) is 0.409. The number of amides is 3. The normalized spacial score (nSPS) is 14.4. The number of benzene rings is 1. The molecular formula is C22H28N4O2. The van der Waals surface area contributed by atoms with E-state index in [1.165, 1.54) is 6.42 Å². The summed E-state index contributed by atoms with van der Waals surface area (Å²) in [7, 11) is 1.60. The number of urea groups is 1. The van der Waals surface area contributed by atoms with Crippen molar-refractivity contribution in [1.29, 1.82) is 0 Å². The van der Waals surface area contributed by atoms with Crippen LogP contribution in [0.15, 0.2) is 42.6 Å². The van der Waals surface area contributed by atoms with Crippen molar-refractivity contribution in [3.05, 3.63) is 59.4 Å². The minimum Gasteiger partial charge on any atom is -0.355 e. The van der Waals surface area contributed by atoms with Crippen molar-refractivity contribution < 1.29 is 9.59 Å². The smallest absolute Gasteiger partial charge is 0.322 e. The van der Waals surface area contributed by atoms with Crippen molar-refractivity contribution in [2.75, 3.05) is 12.4 Å². The molecule has 6 heteroatoms. The Balaban J connectivity index is 1.81. The molecule has 0 spiro atoms. The highest BCUT2D eigenvalue weighted by molar-refractivity contribution is 5.97. The van der Waals surface area contributed by atoms with Gasteiger partial charge in [0.15, 0.2) is 0 Å². The van der Waals surface area contributed by atoms with Crippen molar-refractivity contribution in [3.8, 4) is 0 Å². The largest absolute Gasteiger partial charge is 0.355 e. The standard InChI is InChI=1S/C22H28N4O2/c1-16-11-12-17(21(27)23-2)14-20(16)25-22(28)26(19-9-4-3-5-10-19)15-18-8-6-7-13-24-18/h6-8,11-14,19H,3-5,9-10,15H2,1-2H3,(H,23,27)(H,25,28). The lowest BCUT2D eigenvalue weighted by atomic mass is 9.94. The average molecular weight is 380 g/mol. The molecule has 1 aliphatic rings. The molecule has 1 aromatic heterocycles. The quantitative estimate of drug-likeness (QED) is 0.819. The number of hydrogen-bond donors (Lipinski definition) is 2. The van der Waals surface area contributed by atoms with E-state index in [1.807, 2.05) is 36.1 Å². The number of aromatic nitrogens is 1. The number of hydrogen-bond acceptors (Lipinski definition) is 3. The Bertz CT molecular complexity index is 817. The fourth-order valence-electron chi connectivity index (χ4n) is 3.65. The van der Waals surface area contributed by atoms with Crippen LogP contribution in [0.4, 0.5) is 10.5 Å². The summed E-state index contributed by atoms with van der Waals surface area (Å²) in [5, 5.41) is 5.64. The van der Waals surface area contributed by atoms with Crippen LogP contribution in [0, 0.1) is 6.92 Å². The monoisotopic (exact) mass is 380 g/mol. The second kappa shape index (κ2) is 9.35. The van der Waals surface area contributed by atoms with Crippen LogP contribution in [0.25, 0.3) is 0 Å². The van der Waals surface area contributed by atoms with E-state index in [9.17, 15) is 9.59 Å². The van der Waals surface area contributed by atoms with Crippen molar-refractivity contribution in [2.45, 2.75) is 51.6 Å². The van der Waals surface area contributed by atoms with E-state index in [0.717, 1.165) is 36.9 Å². The van der Waals surface area contributed by atoms with Crippen LogP contribution in [0.5, 0.6) is 0 Å². The first-order chi connectivity index (χ1) is 13.6. The summed E-state index contributed by atoms with van der Waals surface area (Å²) < 4.78 is 0. The number of nitrogens with zero attached hydrogens (tertiary/aromatic N) is 2. The van der Waals surface area contributed by atoms with Gasteiger partial charge in [-0.05, 0) is 49.6 Å². The van der Waals surface area contributed by atoms with Crippen LogP contribution in [0.2, 0.25) is 0 Å². The number of rotatable bonds is 5. The highest BCUT2D eigenvalue weighted by Gasteiger charge is 2.26. The Labute approximate surface area is 166 Å². The van der Waals surface area contributed by atoms with Crippen molar-refractivity contribution in [3.63, 3.8) is 0 Å². The highest BCUT2D eigenvalue weighted by Crippen LogP contribution is 2.25. The molecule has 3 rings (SSSR count). The molecule has 0 aliphatic heterocycles. The minimum absolute atomic E-state index is 0.144. The van der Waals surface area contributed by atoms with Crippen LogP contribution in [0.3, 0.4) is 0 Å². The van der Waals surface area contributed by atoms with Gasteiger partial charge in [0.1, 0.15) is 0 Å². The summed E-state index contributed by atoms with van der Waals surface area (Å²) in [5.74, 6) is -0.173. The van der Waals surface area contributed by atoms with Gasteiger partial charge in [-0.3, -0.25) is 9.78 Å². The molecule has 6 nitrogen and oxygen atoms in total. The average Bonchev–Trinajstić information content (AvgIpc) is 2.74. The first kappa shape index (κ1) is 19.9. The lowest BCUT2D eigenvalue weighted by Crippen LogP contribution is -2.43. The number of nitrogens with one attached hydrogen (secondary N) is 2. The van der Waals surface area contributed by atoms with Crippen LogP contribution >= 0.6 is 0 Å². The van der Waals surface area contributed by atoms with Gasteiger partial charge in [0.2, 0.25) is 0 Å². The first-order valence-electron chi connectivity index (χ1n) is 9.88. The van der Waals surface area contributed by atoms with Crippen molar-refractivity contribution in [2.24, 2.45) is 0 Å². The van der Waals surface area contributed by atoms with Gasteiger partial charge in [-0.1, -0.05) is 31.4 Å². The predicted molar refractivity (Wildman–Crippen MR) is 110 cm³/mol. The Morgan fingerprint density at radius 3 is 2.61 bits per heavy atom. The molecule has 3 amide bonds. The Kier molecular flexibility index (Phi) is 6.63. The molecule has 1 aromatic carbocycles. The highest BCUT2D eigenvalue weighted by atomic mass is 16.2. The Morgan fingerprint density at radius 1 is 1.14 bits per heavy atom. The maximum absolute atomic E-state index is 13.2. The summed E-state index contributed by atoms with van der Waals surface area (Å²) in [4.78, 5) is 31.4. The van der Waals surface area contributed by atoms with Crippen LogP contribution in [-0.4, -0.2) is 34.9 Å². The summed E-state index contributed by atoms with van der Waals surface area (Å²) in [5.41, 5.74) is 2.98. The zero-order valence-corrected chi connectivity index (χ0v) is 16.6. The third-order valence-corrected chi connectivity index (χ3v) is 5.30. The molecule has 0 unspecified atom stereocenters. The molecule has 1 saturated carbocycles. The van der Waals surface area contributed by atoms with Gasteiger partial charge in [-0.2, -0.15) is 0 Å². The van der Waals surface area contributed by atoms with E-state index < -0.39 is 0 Å². The van der Waals surface area contributed by atoms with E-state index >= 15 is 0 Å². The van der Waals surface area contributed by atoms with Crippen LogP contribution in [0.1, 0.15) is 53.7 Å². The molecule has 1 aliphatic carbocycles. The third kappa shape index (κ3) is 4.88. The van der Waals surface area contributed by atoms with Gasteiger partial charge < -0.3 is 15.5 Å². The fourth-order valence-corrected chi connectivity index (χ4v) is 3.65. The minimum atomic E-state index is -0.173. The van der Waals surface area contributed by atoms with E-state index in [-0.39, 0.29) is 18.0 Å². The Hall–Kier alpha value is -2.89. The molecule has 148 valence electrons. The van der Waals surface area contributed by atoms with Crippen molar-refractivity contribution >= 4 is 17.6 Å². The van der Waals surface area contributed by atoms with Gasteiger partial charge in [0.05, 0.1) is 12.2 Å². The molecule has 0 saturated heterocycles. The number of aryl methyl sites for hydroxylation is 1. The molecule has 2 N–H and O–H groups in total. The Morgan fingerprint density at radius 2 is 1.93 bits per heavy atom. The van der Waals surface area contributed by atoms with Gasteiger partial charge in [0.25, 0.3) is 5.91 Å². The number of carbonyl (C=O) groups excluding carboxylic acids is 2. The maximum atomic E-state index is 13.2. The molecule has 1 heterocycles. The van der Waals surface area contributed by atoms with Gasteiger partial charge in [0, 0.05) is 30.5 Å². The van der Waals surface area contributed by atoms with Crippen LogP contribution in [-0.2, 0) is 6.54 Å². The maximum Gasteiger partial charge on any atom is 0.322 e. The summed E-state index contributed by atoms with van der Waals surface area (Å²) in [6, 6.07) is 11.2. The molecule has 0 radical (unpaired) electrons. The van der Waals surface area contributed by atoms with Gasteiger partial charge >= 0.3 is 6.03 Å². The summed E-state index contributed by atoms with van der Waals surface area (Å²) in [6.45, 7) is 2.40. The number of anilines is 1.